The molecule has 3 N–H and O–H groups in total. The van der Waals surface area contributed by atoms with E-state index < -0.39 is 17.9 Å². The van der Waals surface area contributed by atoms with Crippen LogP contribution in [-0.4, -0.2) is 90.2 Å². The summed E-state index contributed by atoms with van der Waals surface area (Å²) in [7, 11) is 2.11. The van der Waals surface area contributed by atoms with Gasteiger partial charge >= 0.3 is 17.9 Å². The molecule has 1 saturated heterocycles. The van der Waals surface area contributed by atoms with Gasteiger partial charge < -0.3 is 30.1 Å². The Hall–Kier alpha value is -3.28. The van der Waals surface area contributed by atoms with E-state index in [0.717, 1.165) is 43.2 Å². The van der Waals surface area contributed by atoms with Crippen LogP contribution >= 0.6 is 11.3 Å². The van der Waals surface area contributed by atoms with Gasteiger partial charge in [0.15, 0.2) is 0 Å². The van der Waals surface area contributed by atoms with Crippen LogP contribution in [0.25, 0.3) is 10.4 Å². The van der Waals surface area contributed by atoms with Gasteiger partial charge in [-0.2, -0.15) is 0 Å². The maximum Gasteiger partial charge on any atom is 0.414 e. The van der Waals surface area contributed by atoms with Crippen LogP contribution < -0.4 is 5.32 Å². The third-order valence-electron chi connectivity index (χ3n) is 4.97. The summed E-state index contributed by atoms with van der Waals surface area (Å²) in [4.78, 5) is 48.6. The van der Waals surface area contributed by atoms with Crippen LogP contribution in [0.4, 0.5) is 5.00 Å². The number of aliphatic carboxylic acids is 2. The molecule has 0 bridgehead atoms. The minimum absolute atomic E-state index is 0.0778. The molecule has 184 valence electrons. The van der Waals surface area contributed by atoms with E-state index in [1.165, 1.54) is 11.3 Å². The van der Waals surface area contributed by atoms with Gasteiger partial charge in [-0.3, -0.25) is 4.79 Å². The van der Waals surface area contributed by atoms with Crippen molar-refractivity contribution >= 4 is 40.2 Å². The number of hydrogen-bond donors (Lipinski definition) is 3. The fourth-order valence-corrected chi connectivity index (χ4v) is 4.18. The van der Waals surface area contributed by atoms with E-state index in [9.17, 15) is 9.59 Å². The largest absolute Gasteiger partial charge is 0.473 e. The number of esters is 1. The number of rotatable bonds is 7. The Morgan fingerprint density at radius 2 is 1.65 bits per heavy atom. The monoisotopic (exact) mass is 491 g/mol. The topological polar surface area (TPSA) is 136 Å². The molecule has 34 heavy (non-hydrogen) atoms. The summed E-state index contributed by atoms with van der Waals surface area (Å²) in [5.74, 6) is -4.13. The molecule has 1 aromatic heterocycles. The smallest absolute Gasteiger partial charge is 0.414 e. The molecule has 0 unspecified atom stereocenters. The molecule has 10 nitrogen and oxygen atoms in total. The Balaban J connectivity index is 0.000000604. The van der Waals surface area contributed by atoms with E-state index >= 15 is 0 Å². The second kappa shape index (κ2) is 13.4. The van der Waals surface area contributed by atoms with Crippen molar-refractivity contribution in [1.29, 1.82) is 0 Å². The van der Waals surface area contributed by atoms with Crippen molar-refractivity contribution in [2.24, 2.45) is 0 Å². The van der Waals surface area contributed by atoms with Crippen molar-refractivity contribution in [3.05, 3.63) is 42.0 Å². The Bertz CT molecular complexity index is 974. The number of benzene rings is 1. The first-order valence-electron chi connectivity index (χ1n) is 10.7. The highest BCUT2D eigenvalue weighted by Gasteiger charge is 2.20. The van der Waals surface area contributed by atoms with Crippen LogP contribution in [0.3, 0.4) is 0 Å². The van der Waals surface area contributed by atoms with Crippen molar-refractivity contribution in [2.45, 2.75) is 13.3 Å². The average molecular weight is 492 g/mol. The Kier molecular flexibility index (Phi) is 10.7. The number of amides is 1. The van der Waals surface area contributed by atoms with E-state index in [0.29, 0.717) is 23.6 Å². The molecule has 0 radical (unpaired) electrons. The molecule has 2 aromatic rings. The van der Waals surface area contributed by atoms with Gasteiger partial charge in [-0.05, 0) is 25.6 Å². The number of nitrogens with zero attached hydrogens (tertiary/aromatic N) is 2. The lowest BCUT2D eigenvalue weighted by Gasteiger charge is -2.32. The number of thiophene rings is 1. The Morgan fingerprint density at radius 1 is 1.03 bits per heavy atom. The summed E-state index contributed by atoms with van der Waals surface area (Å²) in [6.07, 6.45) is 0.407. The summed E-state index contributed by atoms with van der Waals surface area (Å²) in [6.45, 7) is 6.82. The Labute approximate surface area is 201 Å². The van der Waals surface area contributed by atoms with Crippen LogP contribution in [0, 0.1) is 0 Å². The fourth-order valence-electron chi connectivity index (χ4n) is 3.11. The third-order valence-corrected chi connectivity index (χ3v) is 6.07. The van der Waals surface area contributed by atoms with Crippen molar-refractivity contribution in [3.63, 3.8) is 0 Å². The second-order valence-corrected chi connectivity index (χ2v) is 8.55. The van der Waals surface area contributed by atoms with Gasteiger partial charge in [-0.1, -0.05) is 30.3 Å². The molecule has 1 aliphatic rings. The van der Waals surface area contributed by atoms with Gasteiger partial charge in [0.25, 0.3) is 0 Å². The summed E-state index contributed by atoms with van der Waals surface area (Å²) in [5.41, 5.74) is 1.43. The predicted molar refractivity (Wildman–Crippen MR) is 128 cm³/mol. The first-order valence-corrected chi connectivity index (χ1v) is 11.6. The highest BCUT2D eigenvalue weighted by Crippen LogP contribution is 2.36. The quantitative estimate of drug-likeness (QED) is 0.394. The molecule has 3 rings (SSSR count). The third kappa shape index (κ3) is 8.58. The molecule has 1 amide bonds. The number of carboxylic acid groups (broad SMARTS) is 2. The molecule has 1 aliphatic heterocycles. The van der Waals surface area contributed by atoms with Crippen LogP contribution in [-0.2, 0) is 19.1 Å². The molecule has 0 atom stereocenters. The van der Waals surface area contributed by atoms with Crippen molar-refractivity contribution < 1.29 is 34.1 Å². The first-order chi connectivity index (χ1) is 16.2. The molecule has 11 heteroatoms. The van der Waals surface area contributed by atoms with Crippen LogP contribution in [0.1, 0.15) is 23.7 Å². The number of piperazine rings is 1. The lowest BCUT2D eigenvalue weighted by atomic mass is 10.1. The number of anilines is 1. The summed E-state index contributed by atoms with van der Waals surface area (Å²) in [6, 6.07) is 11.6. The van der Waals surface area contributed by atoms with E-state index in [-0.39, 0.29) is 5.91 Å². The molecule has 1 fully saturated rings. The van der Waals surface area contributed by atoms with E-state index in [4.69, 9.17) is 24.5 Å². The maximum atomic E-state index is 12.5. The molecular formula is C23H29N3O7S. The van der Waals surface area contributed by atoms with E-state index in [1.54, 1.807) is 13.0 Å². The molecule has 0 spiro atoms. The van der Waals surface area contributed by atoms with Gasteiger partial charge in [-0.15, -0.1) is 11.3 Å². The van der Waals surface area contributed by atoms with Gasteiger partial charge in [0, 0.05) is 44.0 Å². The molecule has 1 aromatic carbocycles. The van der Waals surface area contributed by atoms with Crippen molar-refractivity contribution in [2.75, 3.05) is 51.7 Å². The van der Waals surface area contributed by atoms with Crippen LogP contribution in [0.5, 0.6) is 0 Å². The van der Waals surface area contributed by atoms with Crippen LogP contribution in [0.15, 0.2) is 36.4 Å². The standard InChI is InChI=1S/C21H27N3O3S.C2H2O4/c1-3-27-21(26)17-15-18(16-7-5-4-6-8-16)28-20(17)22-19(25)9-10-24-13-11-23(2)12-14-24;3-1(4)2(5)6/h4-8,15H,3,9-14H2,1-2H3,(H,22,25);(H,3,4)(H,5,6). The lowest BCUT2D eigenvalue weighted by Crippen LogP contribution is -2.45. The fraction of sp³-hybridized carbons (Fsp3) is 0.391. The number of carboxylic acids is 2. The second-order valence-electron chi connectivity index (χ2n) is 7.49. The first kappa shape index (κ1) is 27.0. The van der Waals surface area contributed by atoms with Crippen LogP contribution in [0.2, 0.25) is 0 Å². The number of ether oxygens (including phenoxy) is 1. The number of carbonyl (C=O) groups is 4. The number of carbonyl (C=O) groups excluding carboxylic acids is 2. The van der Waals surface area contributed by atoms with Gasteiger partial charge in [-0.25, -0.2) is 14.4 Å². The lowest BCUT2D eigenvalue weighted by molar-refractivity contribution is -0.159. The van der Waals surface area contributed by atoms with E-state index in [2.05, 4.69) is 22.2 Å². The van der Waals surface area contributed by atoms with Gasteiger partial charge in [0.1, 0.15) is 5.00 Å². The maximum absolute atomic E-state index is 12.5. The molecular weight excluding hydrogens is 462 g/mol. The Morgan fingerprint density at radius 3 is 2.21 bits per heavy atom. The zero-order valence-electron chi connectivity index (χ0n) is 19.2. The predicted octanol–water partition coefficient (Wildman–Crippen LogP) is 2.32. The average Bonchev–Trinajstić information content (AvgIpc) is 3.23. The van der Waals surface area contributed by atoms with Crippen molar-refractivity contribution in [1.82, 2.24) is 9.80 Å². The zero-order chi connectivity index (χ0) is 25.1. The van der Waals surface area contributed by atoms with Crippen molar-refractivity contribution in [3.8, 4) is 10.4 Å². The minimum atomic E-state index is -1.82. The molecule has 0 aliphatic carbocycles. The number of hydrogen-bond acceptors (Lipinski definition) is 8. The molecule has 0 saturated carbocycles. The van der Waals surface area contributed by atoms with Gasteiger partial charge in [0.2, 0.25) is 5.91 Å². The highest BCUT2D eigenvalue weighted by atomic mass is 32.1. The summed E-state index contributed by atoms with van der Waals surface area (Å²) >= 11 is 1.40. The number of likely N-dealkylation sites (N-methyl/N-ethyl adjacent to an activating group) is 1. The molecule has 2 heterocycles. The number of nitrogens with one attached hydrogen (secondary N) is 1. The normalized spacial score (nSPS) is 13.9. The zero-order valence-corrected chi connectivity index (χ0v) is 20.0. The summed E-state index contributed by atoms with van der Waals surface area (Å²) < 4.78 is 5.17. The minimum Gasteiger partial charge on any atom is -0.473 e. The highest BCUT2D eigenvalue weighted by molar-refractivity contribution is 7.20. The summed E-state index contributed by atoms with van der Waals surface area (Å²) in [5, 5.41) is 18.3. The SMILES string of the molecule is CCOC(=O)c1cc(-c2ccccc2)sc1NC(=O)CCN1CCN(C)CC1.O=C(O)C(=O)O. The van der Waals surface area contributed by atoms with E-state index in [1.807, 2.05) is 30.3 Å². The van der Waals surface area contributed by atoms with Gasteiger partial charge in [0.05, 0.1) is 12.2 Å².